The molecular formula is C27H16ClF5N8O. The number of hydrogen-bond donors (Lipinski definition) is 2. The molecule has 0 spiro atoms. The molecule has 5 aromatic rings. The van der Waals surface area contributed by atoms with Gasteiger partial charge in [-0.3, -0.25) is 4.98 Å². The van der Waals surface area contributed by atoms with E-state index in [0.29, 0.717) is 25.3 Å². The number of hydrogen-bond acceptors (Lipinski definition) is 8. The summed E-state index contributed by atoms with van der Waals surface area (Å²) in [6.07, 6.45) is 3.77. The van der Waals surface area contributed by atoms with Gasteiger partial charge in [-0.1, -0.05) is 16.8 Å². The number of nitriles is 1. The Kier molecular flexibility index (Phi) is 7.05. The van der Waals surface area contributed by atoms with Crippen LogP contribution in [0.4, 0.5) is 39.0 Å². The molecule has 1 aliphatic heterocycles. The highest BCUT2D eigenvalue weighted by molar-refractivity contribution is 6.36. The minimum atomic E-state index is -1.31. The monoisotopic (exact) mass is 598 g/mol. The molecule has 1 saturated heterocycles. The molecule has 0 unspecified atom stereocenters. The lowest BCUT2D eigenvalue weighted by Gasteiger charge is -2.25. The fourth-order valence-electron chi connectivity index (χ4n) is 4.46. The Bertz CT molecular complexity index is 1870. The maximum Gasteiger partial charge on any atom is 0.249 e. The molecule has 1 atom stereocenters. The Hall–Kier alpha value is -4.87. The minimum Gasteiger partial charge on any atom is -0.377 e. The number of ether oxygens (including phenoxy) is 1. The third-order valence-electron chi connectivity index (χ3n) is 6.57. The zero-order chi connectivity index (χ0) is 29.5. The van der Waals surface area contributed by atoms with Gasteiger partial charge in [0.25, 0.3) is 0 Å². The highest BCUT2D eigenvalue weighted by Gasteiger charge is 2.29. The standard InChI is InChI=1S/C27H16ClF5N8O/c28-18-4-14(3-17-24(12(6-34)7-35-25(17)18)38-15-5-21(32)27(33)36-8-15)37-26(23-19(30)1-13(29)2-20(23)31)22-9-41(40-39-22)16-10-42-11-16/h1-5,7-9,16,26,37H,10-11H2,(H,35,38)/t26-/m1/s1. The van der Waals surface area contributed by atoms with Crippen LogP contribution in [0.3, 0.4) is 0 Å². The van der Waals surface area contributed by atoms with Crippen LogP contribution in [0.5, 0.6) is 0 Å². The molecule has 2 N–H and O–H groups in total. The molecule has 0 radical (unpaired) electrons. The molecule has 15 heteroatoms. The van der Waals surface area contributed by atoms with E-state index in [1.807, 2.05) is 6.07 Å². The van der Waals surface area contributed by atoms with Gasteiger partial charge in [0.2, 0.25) is 5.95 Å². The predicted molar refractivity (Wildman–Crippen MR) is 141 cm³/mol. The van der Waals surface area contributed by atoms with Gasteiger partial charge in [-0.25, -0.2) is 27.2 Å². The van der Waals surface area contributed by atoms with Crippen LogP contribution < -0.4 is 10.6 Å². The van der Waals surface area contributed by atoms with E-state index in [9.17, 15) is 18.4 Å². The summed E-state index contributed by atoms with van der Waals surface area (Å²) >= 11 is 6.53. The number of rotatable bonds is 7. The third-order valence-corrected chi connectivity index (χ3v) is 6.86. The number of nitrogens with zero attached hydrogens (tertiary/aromatic N) is 6. The van der Waals surface area contributed by atoms with Gasteiger partial charge in [-0.15, -0.1) is 5.10 Å². The topological polar surface area (TPSA) is 114 Å². The summed E-state index contributed by atoms with van der Waals surface area (Å²) in [6, 6.07) is 5.41. The average Bonchev–Trinajstić information content (AvgIpc) is 3.38. The molecule has 1 fully saturated rings. The van der Waals surface area contributed by atoms with Crippen molar-refractivity contribution in [2.24, 2.45) is 0 Å². The van der Waals surface area contributed by atoms with Gasteiger partial charge in [0.1, 0.15) is 41.3 Å². The molecule has 2 aromatic carbocycles. The number of fused-ring (bicyclic) bond motifs is 1. The number of aromatic nitrogens is 5. The average molecular weight is 599 g/mol. The van der Waals surface area contributed by atoms with Crippen LogP contribution >= 0.6 is 11.6 Å². The molecular weight excluding hydrogens is 583 g/mol. The van der Waals surface area contributed by atoms with Crippen LogP contribution in [0.15, 0.2) is 48.9 Å². The highest BCUT2D eigenvalue weighted by Crippen LogP contribution is 2.37. The zero-order valence-electron chi connectivity index (χ0n) is 21.0. The molecule has 0 aliphatic carbocycles. The minimum absolute atomic E-state index is 0.0253. The maximum atomic E-state index is 15.1. The lowest BCUT2D eigenvalue weighted by atomic mass is 10.0. The number of anilines is 3. The van der Waals surface area contributed by atoms with E-state index in [0.717, 1.165) is 12.3 Å². The quantitative estimate of drug-likeness (QED) is 0.174. The predicted octanol–water partition coefficient (Wildman–Crippen LogP) is 5.96. The van der Waals surface area contributed by atoms with E-state index in [-0.39, 0.29) is 50.3 Å². The Morgan fingerprint density at radius 3 is 2.40 bits per heavy atom. The zero-order valence-corrected chi connectivity index (χ0v) is 21.8. The van der Waals surface area contributed by atoms with Gasteiger partial charge in [-0.2, -0.15) is 9.65 Å². The van der Waals surface area contributed by atoms with Crippen LogP contribution in [0.25, 0.3) is 10.9 Å². The van der Waals surface area contributed by atoms with Crippen LogP contribution in [0, 0.1) is 40.5 Å². The summed E-state index contributed by atoms with van der Waals surface area (Å²) in [5.74, 6) is -5.96. The SMILES string of the molecule is N#Cc1cnc2c(Cl)cc(N[C@H](c3cn(C4COC4)nn3)c3c(F)cc(F)cc3F)cc2c1Nc1cnc(F)c(F)c1. The molecule has 0 bridgehead atoms. The van der Waals surface area contributed by atoms with E-state index < -0.39 is 40.8 Å². The third kappa shape index (κ3) is 5.04. The van der Waals surface area contributed by atoms with Crippen LogP contribution in [-0.2, 0) is 4.74 Å². The largest absolute Gasteiger partial charge is 0.377 e. The second kappa shape index (κ2) is 10.8. The molecule has 3 aromatic heterocycles. The van der Waals surface area contributed by atoms with Crippen molar-refractivity contribution in [2.45, 2.75) is 12.1 Å². The van der Waals surface area contributed by atoms with Crippen molar-refractivity contribution in [1.82, 2.24) is 25.0 Å². The van der Waals surface area contributed by atoms with Crippen molar-refractivity contribution in [1.29, 1.82) is 5.26 Å². The van der Waals surface area contributed by atoms with E-state index in [2.05, 4.69) is 30.9 Å². The molecule has 42 heavy (non-hydrogen) atoms. The summed E-state index contributed by atoms with van der Waals surface area (Å²) in [7, 11) is 0. The first-order chi connectivity index (χ1) is 20.2. The second-order valence-electron chi connectivity index (χ2n) is 9.31. The van der Waals surface area contributed by atoms with Crippen LogP contribution in [-0.4, -0.2) is 38.2 Å². The van der Waals surface area contributed by atoms with Crippen LogP contribution in [0.1, 0.15) is 28.9 Å². The normalized spacial score (nSPS) is 13.9. The van der Waals surface area contributed by atoms with Gasteiger partial charge in [0.15, 0.2) is 5.82 Å². The molecule has 6 rings (SSSR count). The summed E-state index contributed by atoms with van der Waals surface area (Å²) in [4.78, 5) is 7.57. The summed E-state index contributed by atoms with van der Waals surface area (Å²) < 4.78 is 77.8. The van der Waals surface area contributed by atoms with Gasteiger partial charge in [0.05, 0.1) is 58.6 Å². The molecule has 1 aliphatic rings. The van der Waals surface area contributed by atoms with Gasteiger partial charge >= 0.3 is 0 Å². The van der Waals surface area contributed by atoms with Crippen molar-refractivity contribution >= 4 is 39.6 Å². The Labute approximate surface area is 238 Å². The maximum absolute atomic E-state index is 15.1. The van der Waals surface area contributed by atoms with Crippen molar-refractivity contribution in [3.63, 3.8) is 0 Å². The molecule has 4 heterocycles. The number of pyridine rings is 2. The lowest BCUT2D eigenvalue weighted by molar-refractivity contribution is -0.0293. The first-order valence-corrected chi connectivity index (χ1v) is 12.6. The fourth-order valence-corrected chi connectivity index (χ4v) is 4.73. The number of halogens is 6. The smallest absolute Gasteiger partial charge is 0.249 e. The summed E-state index contributed by atoms with van der Waals surface area (Å²) in [6.45, 7) is 0.774. The number of nitrogens with one attached hydrogen (secondary N) is 2. The van der Waals surface area contributed by atoms with Crippen molar-refractivity contribution in [2.75, 3.05) is 23.8 Å². The van der Waals surface area contributed by atoms with Crippen LogP contribution in [0.2, 0.25) is 5.02 Å². The first-order valence-electron chi connectivity index (χ1n) is 12.2. The summed E-state index contributed by atoms with van der Waals surface area (Å²) in [5, 5.41) is 24.0. The van der Waals surface area contributed by atoms with E-state index >= 15 is 8.78 Å². The Balaban J connectivity index is 1.47. The lowest BCUT2D eigenvalue weighted by Crippen LogP contribution is -2.31. The molecule has 212 valence electrons. The number of benzene rings is 2. The second-order valence-corrected chi connectivity index (χ2v) is 9.72. The van der Waals surface area contributed by atoms with Gasteiger partial charge < -0.3 is 15.4 Å². The van der Waals surface area contributed by atoms with Crippen molar-refractivity contribution in [3.8, 4) is 6.07 Å². The first kappa shape index (κ1) is 27.3. The summed E-state index contributed by atoms with van der Waals surface area (Å²) in [5.41, 5.74) is 0.191. The van der Waals surface area contributed by atoms with Gasteiger partial charge in [-0.05, 0) is 12.1 Å². The van der Waals surface area contributed by atoms with Crippen molar-refractivity contribution < 1.29 is 26.7 Å². The van der Waals surface area contributed by atoms with E-state index in [1.165, 1.54) is 29.2 Å². The van der Waals surface area contributed by atoms with E-state index in [1.54, 1.807) is 0 Å². The molecule has 9 nitrogen and oxygen atoms in total. The van der Waals surface area contributed by atoms with Gasteiger partial charge in [0, 0.05) is 35.5 Å². The fraction of sp³-hybridized carbons (Fsp3) is 0.148. The highest BCUT2D eigenvalue weighted by atomic mass is 35.5. The van der Waals surface area contributed by atoms with E-state index in [4.69, 9.17) is 16.3 Å². The van der Waals surface area contributed by atoms with Crippen molar-refractivity contribution in [3.05, 3.63) is 100.0 Å². The molecule has 0 saturated carbocycles. The molecule has 0 amide bonds. The Morgan fingerprint density at radius 2 is 1.74 bits per heavy atom. The Morgan fingerprint density at radius 1 is 0.976 bits per heavy atom.